The number of carbonyl (C=O) groups excluding carboxylic acids is 1. The number of ether oxygens (including phenoxy) is 1. The van der Waals surface area contributed by atoms with Crippen LogP contribution in [0.15, 0.2) is 30.3 Å². The normalized spacial score (nSPS) is 11.3. The van der Waals surface area contributed by atoms with Crippen LogP contribution in [0.5, 0.6) is 0 Å². The highest BCUT2D eigenvalue weighted by Crippen LogP contribution is 2.14. The number of alkyl halides is 3. The number of benzene rings is 1. The van der Waals surface area contributed by atoms with Gasteiger partial charge in [0.15, 0.2) is 0 Å². The Hall–Kier alpha value is -1.56. The molecule has 100 valence electrons. The van der Waals surface area contributed by atoms with Gasteiger partial charge < -0.3 is 10.1 Å². The maximum Gasteiger partial charge on any atom is 0.411 e. The van der Waals surface area contributed by atoms with Crippen LogP contribution in [0.4, 0.5) is 13.2 Å². The SMILES string of the molecule is O=C(CCOCC(F)(F)F)NCc1ccccc1. The first-order chi connectivity index (χ1) is 8.47. The van der Waals surface area contributed by atoms with Crippen molar-refractivity contribution in [3.63, 3.8) is 0 Å². The number of halogens is 3. The molecule has 3 nitrogen and oxygen atoms in total. The van der Waals surface area contributed by atoms with Crippen molar-refractivity contribution in [2.24, 2.45) is 0 Å². The molecule has 0 saturated carbocycles. The van der Waals surface area contributed by atoms with Gasteiger partial charge in [-0.25, -0.2) is 0 Å². The van der Waals surface area contributed by atoms with Crippen LogP contribution in [0.3, 0.4) is 0 Å². The van der Waals surface area contributed by atoms with E-state index in [4.69, 9.17) is 0 Å². The Labute approximate surface area is 103 Å². The van der Waals surface area contributed by atoms with Gasteiger partial charge in [-0.2, -0.15) is 13.2 Å². The van der Waals surface area contributed by atoms with Crippen LogP contribution in [0.25, 0.3) is 0 Å². The smallest absolute Gasteiger partial charge is 0.372 e. The Morgan fingerprint density at radius 1 is 1.22 bits per heavy atom. The van der Waals surface area contributed by atoms with E-state index >= 15 is 0 Å². The van der Waals surface area contributed by atoms with Crippen molar-refractivity contribution in [3.8, 4) is 0 Å². The van der Waals surface area contributed by atoms with E-state index in [0.717, 1.165) is 5.56 Å². The van der Waals surface area contributed by atoms with E-state index in [1.54, 1.807) is 0 Å². The van der Waals surface area contributed by atoms with Gasteiger partial charge in [0.25, 0.3) is 0 Å². The Morgan fingerprint density at radius 3 is 2.50 bits per heavy atom. The number of hydrogen-bond donors (Lipinski definition) is 1. The number of amides is 1. The lowest BCUT2D eigenvalue weighted by molar-refractivity contribution is -0.174. The van der Waals surface area contributed by atoms with E-state index in [9.17, 15) is 18.0 Å². The molecular weight excluding hydrogens is 247 g/mol. The maximum absolute atomic E-state index is 11.7. The van der Waals surface area contributed by atoms with Gasteiger partial charge in [0.1, 0.15) is 6.61 Å². The molecule has 0 atom stereocenters. The van der Waals surface area contributed by atoms with Crippen LogP contribution >= 0.6 is 0 Å². The zero-order valence-corrected chi connectivity index (χ0v) is 9.67. The fraction of sp³-hybridized carbons (Fsp3) is 0.417. The van der Waals surface area contributed by atoms with Crippen LogP contribution in [0.1, 0.15) is 12.0 Å². The van der Waals surface area contributed by atoms with Crippen molar-refractivity contribution >= 4 is 5.91 Å². The van der Waals surface area contributed by atoms with Gasteiger partial charge in [0.2, 0.25) is 5.91 Å². The Morgan fingerprint density at radius 2 is 1.89 bits per heavy atom. The predicted molar refractivity (Wildman–Crippen MR) is 59.8 cm³/mol. The molecule has 1 aromatic rings. The predicted octanol–water partition coefficient (Wildman–Crippen LogP) is 2.27. The van der Waals surface area contributed by atoms with Gasteiger partial charge in [0, 0.05) is 13.0 Å². The molecule has 0 aromatic heterocycles. The minimum absolute atomic E-state index is 0.0804. The summed E-state index contributed by atoms with van der Waals surface area (Å²) in [6, 6.07) is 9.24. The minimum Gasteiger partial charge on any atom is -0.372 e. The Bertz CT molecular complexity index is 365. The van der Waals surface area contributed by atoms with E-state index in [1.807, 2.05) is 30.3 Å². The van der Waals surface area contributed by atoms with Crippen LogP contribution < -0.4 is 5.32 Å². The quantitative estimate of drug-likeness (QED) is 0.798. The largest absolute Gasteiger partial charge is 0.411 e. The van der Waals surface area contributed by atoms with E-state index in [0.29, 0.717) is 6.54 Å². The average Bonchev–Trinajstić information content (AvgIpc) is 2.32. The molecule has 0 heterocycles. The molecule has 0 unspecified atom stereocenters. The molecule has 0 aliphatic carbocycles. The summed E-state index contributed by atoms with van der Waals surface area (Å²) in [6.45, 7) is -1.20. The summed E-state index contributed by atoms with van der Waals surface area (Å²) in [4.78, 5) is 11.3. The van der Waals surface area contributed by atoms with Gasteiger partial charge in [-0.05, 0) is 5.56 Å². The number of carbonyl (C=O) groups is 1. The molecule has 0 radical (unpaired) electrons. The van der Waals surface area contributed by atoms with E-state index in [1.165, 1.54) is 0 Å². The standard InChI is InChI=1S/C12H14F3NO2/c13-12(14,15)9-18-7-6-11(17)16-8-10-4-2-1-3-5-10/h1-5H,6-9H2,(H,16,17). The van der Waals surface area contributed by atoms with Gasteiger partial charge in [-0.3, -0.25) is 4.79 Å². The Balaban J connectivity index is 2.11. The van der Waals surface area contributed by atoms with Crippen LogP contribution in [-0.2, 0) is 16.1 Å². The van der Waals surface area contributed by atoms with Crippen molar-refractivity contribution in [2.75, 3.05) is 13.2 Å². The van der Waals surface area contributed by atoms with Gasteiger partial charge in [0.05, 0.1) is 6.61 Å². The second kappa shape index (κ2) is 7.00. The van der Waals surface area contributed by atoms with Crippen molar-refractivity contribution in [3.05, 3.63) is 35.9 Å². The zero-order valence-electron chi connectivity index (χ0n) is 9.67. The second-order valence-corrected chi connectivity index (χ2v) is 3.68. The summed E-state index contributed by atoms with van der Waals surface area (Å²) in [6.07, 6.45) is -4.43. The topological polar surface area (TPSA) is 38.3 Å². The average molecular weight is 261 g/mol. The monoisotopic (exact) mass is 261 g/mol. The summed E-state index contributed by atoms with van der Waals surface area (Å²) >= 11 is 0. The van der Waals surface area contributed by atoms with Crippen molar-refractivity contribution in [1.29, 1.82) is 0 Å². The second-order valence-electron chi connectivity index (χ2n) is 3.68. The fourth-order valence-corrected chi connectivity index (χ4v) is 1.24. The molecule has 0 spiro atoms. The third kappa shape index (κ3) is 6.90. The van der Waals surface area contributed by atoms with E-state index < -0.39 is 12.8 Å². The molecule has 1 N–H and O–H groups in total. The number of rotatable bonds is 6. The fourth-order valence-electron chi connectivity index (χ4n) is 1.24. The van der Waals surface area contributed by atoms with E-state index in [-0.39, 0.29) is 18.9 Å². The van der Waals surface area contributed by atoms with Crippen LogP contribution in [-0.4, -0.2) is 25.3 Å². The first-order valence-electron chi connectivity index (χ1n) is 5.42. The van der Waals surface area contributed by atoms with Crippen molar-refractivity contribution in [2.45, 2.75) is 19.1 Å². The highest BCUT2D eigenvalue weighted by atomic mass is 19.4. The summed E-state index contributed by atoms with van der Waals surface area (Å²) in [5.74, 6) is -0.332. The summed E-state index contributed by atoms with van der Waals surface area (Å²) < 4.78 is 39.5. The molecule has 18 heavy (non-hydrogen) atoms. The lowest BCUT2D eigenvalue weighted by atomic mass is 10.2. The van der Waals surface area contributed by atoms with Gasteiger partial charge >= 0.3 is 6.18 Å². The molecule has 1 rings (SSSR count). The molecule has 1 amide bonds. The van der Waals surface area contributed by atoms with Crippen LogP contribution in [0, 0.1) is 0 Å². The maximum atomic E-state index is 11.7. The first-order valence-corrected chi connectivity index (χ1v) is 5.42. The third-order valence-electron chi connectivity index (χ3n) is 2.07. The molecule has 0 aliphatic rings. The molecule has 0 saturated heterocycles. The Kier molecular flexibility index (Phi) is 5.64. The summed E-state index contributed by atoms with van der Waals surface area (Å²) in [5.41, 5.74) is 0.932. The minimum atomic E-state index is -4.35. The molecule has 0 fully saturated rings. The highest BCUT2D eigenvalue weighted by molar-refractivity contribution is 5.75. The number of hydrogen-bond acceptors (Lipinski definition) is 2. The lowest BCUT2D eigenvalue weighted by Crippen LogP contribution is -2.25. The van der Waals surface area contributed by atoms with Crippen molar-refractivity contribution < 1.29 is 22.7 Å². The van der Waals surface area contributed by atoms with Gasteiger partial charge in [-0.15, -0.1) is 0 Å². The zero-order chi connectivity index (χ0) is 13.4. The lowest BCUT2D eigenvalue weighted by Gasteiger charge is -2.08. The molecule has 0 bridgehead atoms. The molecule has 0 aliphatic heterocycles. The number of nitrogens with one attached hydrogen (secondary N) is 1. The van der Waals surface area contributed by atoms with E-state index in [2.05, 4.69) is 10.1 Å². The summed E-state index contributed by atoms with van der Waals surface area (Å²) in [7, 11) is 0. The van der Waals surface area contributed by atoms with Gasteiger partial charge in [-0.1, -0.05) is 30.3 Å². The molecule has 6 heteroatoms. The summed E-state index contributed by atoms with van der Waals surface area (Å²) in [5, 5.41) is 2.60. The molecule has 1 aromatic carbocycles. The third-order valence-corrected chi connectivity index (χ3v) is 2.07. The highest BCUT2D eigenvalue weighted by Gasteiger charge is 2.27. The first kappa shape index (κ1) is 14.5. The molecular formula is C12H14F3NO2. The van der Waals surface area contributed by atoms with Crippen molar-refractivity contribution in [1.82, 2.24) is 5.32 Å². The van der Waals surface area contributed by atoms with Crippen LogP contribution in [0.2, 0.25) is 0 Å².